The molecule has 1 aliphatic heterocycles. The summed E-state index contributed by atoms with van der Waals surface area (Å²) in [6.07, 6.45) is 11.6. The van der Waals surface area contributed by atoms with E-state index in [9.17, 15) is 0 Å². The van der Waals surface area contributed by atoms with Crippen LogP contribution in [0.25, 0.3) is 17.8 Å². The first-order chi connectivity index (χ1) is 14.7. The van der Waals surface area contributed by atoms with Gasteiger partial charge in [-0.15, -0.1) is 0 Å². The highest BCUT2D eigenvalue weighted by atomic mass is 16.5. The maximum Gasteiger partial charge on any atom is 0.262 e. The Hall–Kier alpha value is -3.01. The molecule has 30 heavy (non-hydrogen) atoms. The lowest BCUT2D eigenvalue weighted by Crippen LogP contribution is -2.34. The van der Waals surface area contributed by atoms with Crippen molar-refractivity contribution in [2.45, 2.75) is 39.2 Å². The van der Waals surface area contributed by atoms with E-state index in [-0.39, 0.29) is 0 Å². The van der Waals surface area contributed by atoms with Gasteiger partial charge in [0, 0.05) is 26.2 Å². The third-order valence-electron chi connectivity index (χ3n) is 5.73. The Balaban J connectivity index is 1.66. The van der Waals surface area contributed by atoms with Gasteiger partial charge in [0.25, 0.3) is 5.82 Å². The molecule has 3 aromatic rings. The number of ether oxygens (including phenoxy) is 1. The summed E-state index contributed by atoms with van der Waals surface area (Å²) in [6, 6.07) is 17.1. The maximum absolute atomic E-state index is 5.62. The van der Waals surface area contributed by atoms with Gasteiger partial charge < -0.3 is 9.64 Å². The smallest absolute Gasteiger partial charge is 0.262 e. The molecule has 1 aliphatic rings. The highest BCUT2D eigenvalue weighted by Crippen LogP contribution is 2.21. The summed E-state index contributed by atoms with van der Waals surface area (Å²) in [6.45, 7) is 3.79. The van der Waals surface area contributed by atoms with Gasteiger partial charge in [0.1, 0.15) is 17.6 Å². The number of rotatable bonds is 6. The molecule has 1 aromatic heterocycles. The van der Waals surface area contributed by atoms with Crippen LogP contribution in [0.2, 0.25) is 0 Å². The zero-order valence-electron chi connectivity index (χ0n) is 18.3. The average Bonchev–Trinajstić information content (AvgIpc) is 2.93. The number of imidazole rings is 1. The van der Waals surface area contributed by atoms with Crippen LogP contribution in [0.15, 0.2) is 54.7 Å². The van der Waals surface area contributed by atoms with Crippen molar-refractivity contribution in [3.05, 3.63) is 71.8 Å². The molecule has 2 heterocycles. The van der Waals surface area contributed by atoms with Gasteiger partial charge in [0.05, 0.1) is 13.2 Å². The van der Waals surface area contributed by atoms with E-state index in [0.29, 0.717) is 6.61 Å². The topological polar surface area (TPSA) is 21.3 Å². The quantitative estimate of drug-likeness (QED) is 0.533. The molecule has 4 heteroatoms. The first-order valence-electron chi connectivity index (χ1n) is 11.0. The fraction of sp³-hybridized carbons (Fsp3) is 0.346. The van der Waals surface area contributed by atoms with Crippen LogP contribution in [-0.2, 0) is 13.0 Å². The summed E-state index contributed by atoms with van der Waals surface area (Å²) in [4.78, 5) is 2.13. The summed E-state index contributed by atoms with van der Waals surface area (Å²) in [5.41, 5.74) is 4.89. The molecule has 0 N–H and O–H groups in total. The van der Waals surface area contributed by atoms with Crippen LogP contribution in [-0.4, -0.2) is 25.3 Å². The van der Waals surface area contributed by atoms with Crippen molar-refractivity contribution in [2.24, 2.45) is 0 Å². The van der Waals surface area contributed by atoms with Gasteiger partial charge in [-0.25, -0.2) is 4.57 Å². The third kappa shape index (κ3) is 4.43. The van der Waals surface area contributed by atoms with E-state index >= 15 is 0 Å². The molecule has 0 amide bonds. The van der Waals surface area contributed by atoms with E-state index in [1.165, 1.54) is 47.7 Å². The first kappa shape index (κ1) is 20.3. The van der Waals surface area contributed by atoms with Gasteiger partial charge in [0.15, 0.2) is 5.69 Å². The lowest BCUT2D eigenvalue weighted by Gasteiger charge is -2.11. The van der Waals surface area contributed by atoms with Gasteiger partial charge in [-0.3, -0.25) is 0 Å². The SMILES string of the molecule is CCOc1ccc(-[n+]2cc(/C=C/c3ccc(N(C)C)cc3)n3c2CCCCC3)cc1. The molecule has 0 aliphatic carbocycles. The summed E-state index contributed by atoms with van der Waals surface area (Å²) in [5, 5.41) is 0. The number of anilines is 1. The highest BCUT2D eigenvalue weighted by molar-refractivity contribution is 5.69. The van der Waals surface area contributed by atoms with Crippen LogP contribution >= 0.6 is 0 Å². The lowest BCUT2D eigenvalue weighted by molar-refractivity contribution is -0.604. The largest absolute Gasteiger partial charge is 0.494 e. The summed E-state index contributed by atoms with van der Waals surface area (Å²) in [7, 11) is 4.14. The third-order valence-corrected chi connectivity index (χ3v) is 5.73. The molecule has 0 saturated heterocycles. The molecule has 2 aromatic carbocycles. The molecule has 0 atom stereocenters. The molecule has 0 radical (unpaired) electrons. The Labute approximate surface area is 180 Å². The molecular weight excluding hydrogens is 370 g/mol. The average molecular weight is 403 g/mol. The maximum atomic E-state index is 5.62. The van der Waals surface area contributed by atoms with Crippen molar-refractivity contribution in [1.29, 1.82) is 0 Å². The van der Waals surface area contributed by atoms with Crippen LogP contribution in [0, 0.1) is 0 Å². The molecule has 156 valence electrons. The van der Waals surface area contributed by atoms with Crippen molar-refractivity contribution < 1.29 is 9.30 Å². The van der Waals surface area contributed by atoms with E-state index in [0.717, 1.165) is 18.7 Å². The Kier molecular flexibility index (Phi) is 6.22. The van der Waals surface area contributed by atoms with Crippen molar-refractivity contribution in [3.63, 3.8) is 0 Å². The van der Waals surface area contributed by atoms with Crippen LogP contribution in [0.3, 0.4) is 0 Å². The monoisotopic (exact) mass is 402 g/mol. The zero-order chi connectivity index (χ0) is 20.9. The number of hydrogen-bond donors (Lipinski definition) is 0. The van der Waals surface area contributed by atoms with Gasteiger partial charge in [0.2, 0.25) is 0 Å². The Morgan fingerprint density at radius 1 is 0.967 bits per heavy atom. The second-order valence-electron chi connectivity index (χ2n) is 8.05. The van der Waals surface area contributed by atoms with Crippen LogP contribution in [0.5, 0.6) is 5.75 Å². The van der Waals surface area contributed by atoms with Crippen molar-refractivity contribution in [2.75, 3.05) is 25.6 Å². The highest BCUT2D eigenvalue weighted by Gasteiger charge is 2.24. The number of nitrogens with zero attached hydrogens (tertiary/aromatic N) is 3. The fourth-order valence-corrected chi connectivity index (χ4v) is 4.09. The van der Waals surface area contributed by atoms with E-state index in [1.807, 2.05) is 6.92 Å². The minimum atomic E-state index is 0.693. The van der Waals surface area contributed by atoms with Gasteiger partial charge in [-0.2, -0.15) is 4.57 Å². The second kappa shape index (κ2) is 9.21. The van der Waals surface area contributed by atoms with Crippen molar-refractivity contribution >= 4 is 17.8 Å². The molecule has 4 rings (SSSR count). The Morgan fingerprint density at radius 2 is 1.73 bits per heavy atom. The summed E-state index contributed by atoms with van der Waals surface area (Å²) >= 11 is 0. The minimum Gasteiger partial charge on any atom is -0.494 e. The molecule has 0 saturated carbocycles. The molecule has 0 bridgehead atoms. The van der Waals surface area contributed by atoms with Crippen molar-refractivity contribution in [3.8, 4) is 11.4 Å². The van der Waals surface area contributed by atoms with Crippen LogP contribution < -0.4 is 14.2 Å². The fourth-order valence-electron chi connectivity index (χ4n) is 4.09. The van der Waals surface area contributed by atoms with E-state index < -0.39 is 0 Å². The normalized spacial score (nSPS) is 13.8. The molecule has 0 unspecified atom stereocenters. The Bertz CT molecular complexity index is 998. The van der Waals surface area contributed by atoms with E-state index in [4.69, 9.17) is 4.74 Å². The lowest BCUT2D eigenvalue weighted by atomic mass is 10.2. The number of hydrogen-bond acceptors (Lipinski definition) is 2. The number of benzene rings is 2. The standard InChI is InChI=1S/C26H32N3O/c1-4-30-25-17-15-23(16-18-25)29-20-24(28-19-7-5-6-8-26(28)29)14-11-21-9-12-22(13-10-21)27(2)3/h9-18,20H,4-8,19H2,1-3H3/q+1/b14-11+. The zero-order valence-corrected chi connectivity index (χ0v) is 18.3. The predicted molar refractivity (Wildman–Crippen MR) is 124 cm³/mol. The van der Waals surface area contributed by atoms with Gasteiger partial charge in [-0.05, 0) is 74.2 Å². The summed E-state index contributed by atoms with van der Waals surface area (Å²) < 4.78 is 10.5. The summed E-state index contributed by atoms with van der Waals surface area (Å²) in [5.74, 6) is 2.31. The van der Waals surface area contributed by atoms with Gasteiger partial charge >= 0.3 is 0 Å². The second-order valence-corrected chi connectivity index (χ2v) is 8.05. The molecular formula is C26H32N3O+. The van der Waals surface area contributed by atoms with Crippen LogP contribution in [0.1, 0.15) is 43.3 Å². The predicted octanol–water partition coefficient (Wildman–Crippen LogP) is 5.13. The van der Waals surface area contributed by atoms with Gasteiger partial charge in [-0.1, -0.05) is 18.2 Å². The minimum absolute atomic E-state index is 0.693. The number of fused-ring (bicyclic) bond motifs is 1. The first-order valence-corrected chi connectivity index (χ1v) is 11.0. The molecule has 0 spiro atoms. The number of aromatic nitrogens is 2. The molecule has 0 fully saturated rings. The van der Waals surface area contributed by atoms with E-state index in [2.05, 4.69) is 95.0 Å². The Morgan fingerprint density at radius 3 is 2.43 bits per heavy atom. The van der Waals surface area contributed by atoms with E-state index in [1.54, 1.807) is 0 Å². The molecule has 4 nitrogen and oxygen atoms in total. The van der Waals surface area contributed by atoms with Crippen LogP contribution in [0.4, 0.5) is 5.69 Å². The van der Waals surface area contributed by atoms with Crippen molar-refractivity contribution in [1.82, 2.24) is 4.57 Å².